The average Bonchev–Trinajstić information content (AvgIpc) is 3.14. The maximum absolute atomic E-state index is 12.9. The number of hydrogen-bond donors (Lipinski definition) is 3. The Morgan fingerprint density at radius 3 is 2.75 bits per heavy atom. The third-order valence-corrected chi connectivity index (χ3v) is 5.66. The van der Waals surface area contributed by atoms with Crippen LogP contribution in [0.3, 0.4) is 0 Å². The summed E-state index contributed by atoms with van der Waals surface area (Å²) in [7, 11) is 0. The number of nitrogens with one attached hydrogen (secondary N) is 3. The number of halogens is 2. The molecular weight excluding hydrogens is 347 g/mol. The number of nitrogens with zero attached hydrogens (tertiary/aromatic N) is 1. The molecule has 2 bridgehead atoms. The van der Waals surface area contributed by atoms with E-state index in [0.717, 1.165) is 36.5 Å². The lowest BCUT2D eigenvalue weighted by molar-refractivity contribution is -0.133. The van der Waals surface area contributed by atoms with E-state index in [9.17, 15) is 4.79 Å². The Labute approximate surface area is 153 Å². The van der Waals surface area contributed by atoms with E-state index >= 15 is 0 Å². The summed E-state index contributed by atoms with van der Waals surface area (Å²) in [5, 5.41) is 4.37. The predicted molar refractivity (Wildman–Crippen MR) is 97.3 cm³/mol. The molecule has 4 rings (SSSR count). The summed E-state index contributed by atoms with van der Waals surface area (Å²) in [4.78, 5) is 14.9. The molecule has 3 aliphatic heterocycles. The molecule has 1 amide bonds. The predicted octanol–water partition coefficient (Wildman–Crippen LogP) is 2.02. The molecule has 0 saturated carbocycles. The first-order valence-corrected chi connectivity index (χ1v) is 8.89. The number of fused-ring (bicyclic) bond motifs is 2. The maximum Gasteiger partial charge on any atom is 0.241 e. The molecule has 4 unspecified atom stereocenters. The number of carbonyl (C=O) groups is 1. The number of hydrazine groups is 1. The normalized spacial score (nSPS) is 32.3. The SMILES string of the molecule is Cl.O=C(C1CC(c2ccccc2Cl)NN1)N1CCC2CCC(C1)N2. The molecule has 3 aliphatic rings. The van der Waals surface area contributed by atoms with Crippen LogP contribution in [0.15, 0.2) is 24.3 Å². The van der Waals surface area contributed by atoms with Crippen molar-refractivity contribution in [3.8, 4) is 0 Å². The van der Waals surface area contributed by atoms with E-state index in [0.29, 0.717) is 12.1 Å². The topological polar surface area (TPSA) is 56.4 Å². The van der Waals surface area contributed by atoms with Gasteiger partial charge in [0.1, 0.15) is 6.04 Å². The number of carbonyl (C=O) groups excluding carboxylic acids is 1. The first-order chi connectivity index (χ1) is 11.2. The van der Waals surface area contributed by atoms with E-state index in [2.05, 4.69) is 16.2 Å². The van der Waals surface area contributed by atoms with E-state index in [1.807, 2.05) is 29.2 Å². The molecule has 24 heavy (non-hydrogen) atoms. The summed E-state index contributed by atoms with van der Waals surface area (Å²) in [6, 6.07) is 8.80. The Morgan fingerprint density at radius 1 is 1.12 bits per heavy atom. The van der Waals surface area contributed by atoms with E-state index in [1.165, 1.54) is 12.8 Å². The van der Waals surface area contributed by atoms with Gasteiger partial charge in [-0.1, -0.05) is 29.8 Å². The van der Waals surface area contributed by atoms with Crippen molar-refractivity contribution >= 4 is 29.9 Å². The standard InChI is InChI=1S/C17H23ClN4O.ClH/c18-14-4-2-1-3-13(14)15-9-16(21-20-15)17(23)22-8-7-11-5-6-12(10-22)19-11;/h1-4,11-12,15-16,19-21H,5-10H2;1H. The summed E-state index contributed by atoms with van der Waals surface area (Å²) < 4.78 is 0. The number of rotatable bonds is 2. The maximum atomic E-state index is 12.9. The molecule has 0 aromatic heterocycles. The largest absolute Gasteiger partial charge is 0.340 e. The fourth-order valence-corrected chi connectivity index (χ4v) is 4.31. The van der Waals surface area contributed by atoms with Gasteiger partial charge in [-0.3, -0.25) is 4.79 Å². The quantitative estimate of drug-likeness (QED) is 0.745. The number of benzene rings is 1. The Bertz CT molecular complexity index is 600. The van der Waals surface area contributed by atoms with Crippen molar-refractivity contribution < 1.29 is 4.79 Å². The smallest absolute Gasteiger partial charge is 0.241 e. The van der Waals surface area contributed by atoms with Gasteiger partial charge in [0.15, 0.2) is 0 Å². The highest BCUT2D eigenvalue weighted by atomic mass is 35.5. The summed E-state index contributed by atoms with van der Waals surface area (Å²) in [5.41, 5.74) is 7.46. The van der Waals surface area contributed by atoms with Crippen LogP contribution in [0, 0.1) is 0 Å². The Kier molecular flexibility index (Phi) is 5.67. The molecule has 3 saturated heterocycles. The Morgan fingerprint density at radius 2 is 1.92 bits per heavy atom. The summed E-state index contributed by atoms with van der Waals surface area (Å²) >= 11 is 6.27. The monoisotopic (exact) mass is 370 g/mol. The molecule has 3 N–H and O–H groups in total. The van der Waals surface area contributed by atoms with Gasteiger partial charge in [0, 0.05) is 36.2 Å². The number of likely N-dealkylation sites (tertiary alicyclic amines) is 1. The first kappa shape index (κ1) is 18.0. The fourth-order valence-electron chi connectivity index (χ4n) is 4.04. The fraction of sp³-hybridized carbons (Fsp3) is 0.588. The molecule has 3 heterocycles. The van der Waals surface area contributed by atoms with Crippen molar-refractivity contribution in [3.05, 3.63) is 34.9 Å². The zero-order chi connectivity index (χ0) is 15.8. The van der Waals surface area contributed by atoms with Crippen LogP contribution < -0.4 is 16.2 Å². The van der Waals surface area contributed by atoms with Crippen molar-refractivity contribution in [2.45, 2.75) is 49.9 Å². The summed E-state index contributed by atoms with van der Waals surface area (Å²) in [6.45, 7) is 1.70. The number of hydrogen-bond acceptors (Lipinski definition) is 4. The average molecular weight is 371 g/mol. The second-order valence-electron chi connectivity index (χ2n) is 6.86. The van der Waals surface area contributed by atoms with Crippen molar-refractivity contribution in [1.29, 1.82) is 0 Å². The van der Waals surface area contributed by atoms with Crippen molar-refractivity contribution in [1.82, 2.24) is 21.1 Å². The van der Waals surface area contributed by atoms with E-state index in [-0.39, 0.29) is 30.4 Å². The van der Waals surface area contributed by atoms with E-state index in [4.69, 9.17) is 11.6 Å². The lowest BCUT2D eigenvalue weighted by atomic mass is 10.0. The molecule has 1 aromatic carbocycles. The highest BCUT2D eigenvalue weighted by molar-refractivity contribution is 6.31. The van der Waals surface area contributed by atoms with Gasteiger partial charge in [0.05, 0.1) is 0 Å². The highest BCUT2D eigenvalue weighted by Crippen LogP contribution is 2.29. The molecule has 4 atom stereocenters. The lowest BCUT2D eigenvalue weighted by Gasteiger charge is -2.26. The van der Waals surface area contributed by atoms with E-state index < -0.39 is 0 Å². The lowest BCUT2D eigenvalue weighted by Crippen LogP contribution is -2.48. The molecule has 3 fully saturated rings. The molecule has 0 radical (unpaired) electrons. The highest BCUT2D eigenvalue weighted by Gasteiger charge is 2.37. The zero-order valence-corrected chi connectivity index (χ0v) is 15.1. The molecule has 7 heteroatoms. The van der Waals surface area contributed by atoms with Crippen LogP contribution in [0.1, 0.15) is 37.3 Å². The number of amides is 1. The second-order valence-corrected chi connectivity index (χ2v) is 7.27. The van der Waals surface area contributed by atoms with Crippen LogP contribution in [0.4, 0.5) is 0 Å². The van der Waals surface area contributed by atoms with Gasteiger partial charge >= 0.3 is 0 Å². The molecule has 132 valence electrons. The van der Waals surface area contributed by atoms with Crippen LogP contribution in [0.5, 0.6) is 0 Å². The zero-order valence-electron chi connectivity index (χ0n) is 13.5. The van der Waals surface area contributed by atoms with Crippen LogP contribution in [-0.4, -0.2) is 42.0 Å². The minimum atomic E-state index is -0.173. The van der Waals surface area contributed by atoms with Gasteiger partial charge in [-0.25, -0.2) is 10.9 Å². The van der Waals surface area contributed by atoms with Crippen molar-refractivity contribution in [2.24, 2.45) is 0 Å². The molecule has 0 spiro atoms. The van der Waals surface area contributed by atoms with Crippen LogP contribution in [0.25, 0.3) is 0 Å². The van der Waals surface area contributed by atoms with Gasteiger partial charge in [0.25, 0.3) is 0 Å². The molecule has 1 aromatic rings. The van der Waals surface area contributed by atoms with Gasteiger partial charge in [-0.05, 0) is 37.3 Å². The van der Waals surface area contributed by atoms with Crippen LogP contribution in [0.2, 0.25) is 5.02 Å². The van der Waals surface area contributed by atoms with Crippen LogP contribution >= 0.6 is 24.0 Å². The van der Waals surface area contributed by atoms with Crippen LogP contribution in [-0.2, 0) is 4.79 Å². The third-order valence-electron chi connectivity index (χ3n) is 5.32. The van der Waals surface area contributed by atoms with Gasteiger partial charge in [-0.15, -0.1) is 12.4 Å². The van der Waals surface area contributed by atoms with Gasteiger partial charge in [-0.2, -0.15) is 0 Å². The Hall–Kier alpha value is -0.850. The Balaban J connectivity index is 0.00000169. The van der Waals surface area contributed by atoms with Gasteiger partial charge in [0.2, 0.25) is 5.91 Å². The van der Waals surface area contributed by atoms with Crippen molar-refractivity contribution in [2.75, 3.05) is 13.1 Å². The summed E-state index contributed by atoms with van der Waals surface area (Å²) in [6.07, 6.45) is 4.24. The molecule has 0 aliphatic carbocycles. The summed E-state index contributed by atoms with van der Waals surface area (Å²) in [5.74, 6) is 0.210. The third kappa shape index (κ3) is 3.55. The molecule has 5 nitrogen and oxygen atoms in total. The second kappa shape index (κ2) is 7.58. The van der Waals surface area contributed by atoms with E-state index in [1.54, 1.807) is 0 Å². The van der Waals surface area contributed by atoms with Crippen molar-refractivity contribution in [3.63, 3.8) is 0 Å². The minimum absolute atomic E-state index is 0. The van der Waals surface area contributed by atoms with Gasteiger partial charge < -0.3 is 10.2 Å². The molecular formula is C17H24Cl2N4O. The minimum Gasteiger partial charge on any atom is -0.340 e. The first-order valence-electron chi connectivity index (χ1n) is 8.51.